The summed E-state index contributed by atoms with van der Waals surface area (Å²) >= 11 is 0. The third-order valence-electron chi connectivity index (χ3n) is 4.21. The summed E-state index contributed by atoms with van der Waals surface area (Å²) in [7, 11) is 0. The van der Waals surface area contributed by atoms with Gasteiger partial charge in [0.1, 0.15) is 19.3 Å². The number of carbonyl (C=O) groups excluding carboxylic acids is 1. The molecule has 6 nitrogen and oxygen atoms in total. The van der Waals surface area contributed by atoms with E-state index in [0.717, 1.165) is 25.7 Å². The fourth-order valence-corrected chi connectivity index (χ4v) is 2.89. The smallest absolute Gasteiger partial charge is 0.332 e. The molecule has 22 heavy (non-hydrogen) atoms. The normalized spacial score (nSPS) is 22.5. The van der Waals surface area contributed by atoms with Crippen LogP contribution in [-0.4, -0.2) is 28.8 Å². The first-order chi connectivity index (χ1) is 10.3. The van der Waals surface area contributed by atoms with Gasteiger partial charge in [0.15, 0.2) is 5.82 Å². The summed E-state index contributed by atoms with van der Waals surface area (Å²) in [6.45, 7) is 8.60. The van der Waals surface area contributed by atoms with Crippen molar-refractivity contribution in [3.8, 4) is 0 Å². The van der Waals surface area contributed by atoms with Crippen LogP contribution in [0, 0.1) is 18.3 Å². The lowest BCUT2D eigenvalue weighted by Gasteiger charge is -2.36. The first kappa shape index (κ1) is 16.9. The predicted octanol–water partition coefficient (Wildman–Crippen LogP) is 3.04. The van der Waals surface area contributed by atoms with E-state index < -0.39 is 0 Å². The largest absolute Gasteiger partial charge is 0.461 e. The molecule has 0 unspecified atom stereocenters. The van der Waals surface area contributed by atoms with Gasteiger partial charge in [0.05, 0.1) is 0 Å². The zero-order chi connectivity index (χ0) is 16.2. The first-order valence-electron chi connectivity index (χ1n) is 7.91. The van der Waals surface area contributed by atoms with E-state index in [4.69, 9.17) is 14.0 Å². The molecule has 0 atom stereocenters. The molecular weight excluding hydrogens is 284 g/mol. The zero-order valence-electron chi connectivity index (χ0n) is 13.9. The van der Waals surface area contributed by atoms with E-state index in [2.05, 4.69) is 30.9 Å². The van der Waals surface area contributed by atoms with Crippen LogP contribution in [0.5, 0.6) is 0 Å². The second-order valence-electron chi connectivity index (χ2n) is 7.06. The number of aryl methyl sites for hydroxylation is 1. The van der Waals surface area contributed by atoms with Crippen LogP contribution in [0.1, 0.15) is 58.2 Å². The average molecular weight is 310 g/mol. The molecule has 1 aromatic rings. The van der Waals surface area contributed by atoms with Crippen LogP contribution in [-0.2, 0) is 20.9 Å². The van der Waals surface area contributed by atoms with Crippen LogP contribution in [0.2, 0.25) is 0 Å². The summed E-state index contributed by atoms with van der Waals surface area (Å²) < 4.78 is 15.6. The van der Waals surface area contributed by atoms with Crippen molar-refractivity contribution in [2.75, 3.05) is 6.61 Å². The van der Waals surface area contributed by atoms with Gasteiger partial charge >= 0.3 is 5.97 Å². The molecule has 2 rings (SSSR count). The van der Waals surface area contributed by atoms with Crippen molar-refractivity contribution >= 4 is 5.97 Å². The SMILES string of the molecule is Cc1noc(COCC(=O)OC2CCC(C(C)(C)C)CC2)n1. The van der Waals surface area contributed by atoms with Crippen molar-refractivity contribution in [1.82, 2.24) is 10.1 Å². The van der Waals surface area contributed by atoms with Crippen LogP contribution >= 0.6 is 0 Å². The lowest BCUT2D eigenvalue weighted by atomic mass is 9.72. The third-order valence-corrected chi connectivity index (χ3v) is 4.21. The number of rotatable bonds is 5. The van der Waals surface area contributed by atoms with Gasteiger partial charge in [-0.3, -0.25) is 0 Å². The van der Waals surface area contributed by atoms with Crippen molar-refractivity contribution in [2.45, 2.75) is 66.1 Å². The monoisotopic (exact) mass is 310 g/mol. The van der Waals surface area contributed by atoms with Gasteiger partial charge in [0.2, 0.25) is 0 Å². The number of carbonyl (C=O) groups is 1. The highest BCUT2D eigenvalue weighted by molar-refractivity contribution is 5.70. The average Bonchev–Trinajstić information content (AvgIpc) is 2.84. The molecule has 6 heteroatoms. The molecule has 124 valence electrons. The lowest BCUT2D eigenvalue weighted by Crippen LogP contribution is -2.31. The molecule has 0 spiro atoms. The Kier molecular flexibility index (Phi) is 5.56. The molecule has 0 bridgehead atoms. The molecule has 0 N–H and O–H groups in total. The maximum absolute atomic E-state index is 11.8. The van der Waals surface area contributed by atoms with Gasteiger partial charge in [0.25, 0.3) is 5.89 Å². The highest BCUT2D eigenvalue weighted by atomic mass is 16.6. The topological polar surface area (TPSA) is 74.5 Å². The van der Waals surface area contributed by atoms with Crippen molar-refractivity contribution in [3.05, 3.63) is 11.7 Å². The van der Waals surface area contributed by atoms with E-state index in [-0.39, 0.29) is 25.3 Å². The quantitative estimate of drug-likeness (QED) is 0.778. The van der Waals surface area contributed by atoms with Gasteiger partial charge in [-0.2, -0.15) is 4.98 Å². The number of nitrogens with zero attached hydrogens (tertiary/aromatic N) is 2. The Morgan fingerprint density at radius 2 is 1.95 bits per heavy atom. The molecule has 1 fully saturated rings. The lowest BCUT2D eigenvalue weighted by molar-refractivity contribution is -0.157. The Bertz CT molecular complexity index is 485. The van der Waals surface area contributed by atoms with Gasteiger partial charge in [-0.15, -0.1) is 0 Å². The molecule has 1 aliphatic rings. The van der Waals surface area contributed by atoms with Crippen molar-refractivity contribution in [2.24, 2.45) is 11.3 Å². The minimum Gasteiger partial charge on any atom is -0.461 e. The first-order valence-corrected chi connectivity index (χ1v) is 7.91. The number of esters is 1. The highest BCUT2D eigenvalue weighted by Crippen LogP contribution is 2.38. The molecular formula is C16H26N2O4. The van der Waals surface area contributed by atoms with Crippen LogP contribution in [0.15, 0.2) is 4.52 Å². The molecule has 1 aromatic heterocycles. The number of hydrogen-bond donors (Lipinski definition) is 0. The van der Waals surface area contributed by atoms with E-state index >= 15 is 0 Å². The fraction of sp³-hybridized carbons (Fsp3) is 0.812. The minimum atomic E-state index is -0.324. The standard InChI is InChI=1S/C16H26N2O4/c1-11-17-14(22-18-11)9-20-10-15(19)21-13-7-5-12(6-8-13)16(2,3)4/h12-13H,5-10H2,1-4H3. The number of aromatic nitrogens is 2. The van der Waals surface area contributed by atoms with Gasteiger partial charge in [-0.1, -0.05) is 25.9 Å². The second kappa shape index (κ2) is 7.22. The number of hydrogen-bond acceptors (Lipinski definition) is 6. The van der Waals surface area contributed by atoms with Gasteiger partial charge < -0.3 is 14.0 Å². The Morgan fingerprint density at radius 1 is 1.27 bits per heavy atom. The summed E-state index contributed by atoms with van der Waals surface area (Å²) in [6.07, 6.45) is 4.14. The molecule has 0 aliphatic heterocycles. The van der Waals surface area contributed by atoms with E-state index in [0.29, 0.717) is 23.0 Å². The minimum absolute atomic E-state index is 0.0281. The second-order valence-corrected chi connectivity index (χ2v) is 7.06. The fourth-order valence-electron chi connectivity index (χ4n) is 2.89. The Balaban J connectivity index is 1.64. The van der Waals surface area contributed by atoms with Crippen LogP contribution in [0.4, 0.5) is 0 Å². The Morgan fingerprint density at radius 3 is 2.50 bits per heavy atom. The number of ether oxygens (including phenoxy) is 2. The summed E-state index contributed by atoms with van der Waals surface area (Å²) in [5.74, 6) is 1.31. The summed E-state index contributed by atoms with van der Waals surface area (Å²) in [6, 6.07) is 0. The van der Waals surface area contributed by atoms with E-state index in [1.54, 1.807) is 6.92 Å². The van der Waals surface area contributed by atoms with Crippen LogP contribution in [0.3, 0.4) is 0 Å². The molecule has 1 aliphatic carbocycles. The van der Waals surface area contributed by atoms with Gasteiger partial charge in [-0.05, 0) is 43.9 Å². The van der Waals surface area contributed by atoms with E-state index in [1.807, 2.05) is 0 Å². The molecule has 1 heterocycles. The maximum atomic E-state index is 11.8. The molecule has 0 radical (unpaired) electrons. The molecule has 0 amide bonds. The van der Waals surface area contributed by atoms with Crippen LogP contribution in [0.25, 0.3) is 0 Å². The maximum Gasteiger partial charge on any atom is 0.332 e. The van der Waals surface area contributed by atoms with Crippen molar-refractivity contribution in [3.63, 3.8) is 0 Å². The van der Waals surface area contributed by atoms with E-state index in [1.165, 1.54) is 0 Å². The van der Waals surface area contributed by atoms with Crippen molar-refractivity contribution in [1.29, 1.82) is 0 Å². The zero-order valence-corrected chi connectivity index (χ0v) is 13.9. The summed E-state index contributed by atoms with van der Waals surface area (Å²) in [4.78, 5) is 15.8. The summed E-state index contributed by atoms with van der Waals surface area (Å²) in [5, 5.41) is 3.65. The van der Waals surface area contributed by atoms with Gasteiger partial charge in [0, 0.05) is 0 Å². The van der Waals surface area contributed by atoms with Crippen molar-refractivity contribution < 1.29 is 18.8 Å². The highest BCUT2D eigenvalue weighted by Gasteiger charge is 2.31. The third kappa shape index (κ3) is 5.09. The predicted molar refractivity (Wildman–Crippen MR) is 80.0 cm³/mol. The van der Waals surface area contributed by atoms with Gasteiger partial charge in [-0.25, -0.2) is 4.79 Å². The molecule has 0 aromatic carbocycles. The summed E-state index contributed by atoms with van der Waals surface area (Å²) in [5.41, 5.74) is 0.334. The Labute approximate surface area is 131 Å². The van der Waals surface area contributed by atoms with Crippen LogP contribution < -0.4 is 0 Å². The Hall–Kier alpha value is -1.43. The molecule has 1 saturated carbocycles. The van der Waals surface area contributed by atoms with E-state index in [9.17, 15) is 4.79 Å². The molecule has 0 saturated heterocycles.